The molecule has 2 heterocycles. The molecule has 1 aromatic heterocycles. The molecule has 0 saturated carbocycles. The van der Waals surface area contributed by atoms with Crippen LogP contribution in [0, 0.1) is 13.8 Å². The third-order valence-electron chi connectivity index (χ3n) is 4.92. The summed E-state index contributed by atoms with van der Waals surface area (Å²) in [6.07, 6.45) is 0.913. The van der Waals surface area contributed by atoms with E-state index in [2.05, 4.69) is 63.6 Å². The van der Waals surface area contributed by atoms with Crippen molar-refractivity contribution in [3.8, 4) is 0 Å². The van der Waals surface area contributed by atoms with Crippen molar-refractivity contribution in [1.29, 1.82) is 0 Å². The number of aromatic nitrogens is 1. The predicted molar refractivity (Wildman–Crippen MR) is 131 cm³/mol. The van der Waals surface area contributed by atoms with Crippen molar-refractivity contribution >= 4 is 41.3 Å². The standard InChI is InChI=1S/C21H31N5OS.HI/c1-16-17(2)28-20(25-16)8-9-23-21(22-3)24-14-18-4-6-19(7-5-18)15-26-10-12-27-13-11-26;/h4-7H,8-15H2,1-3H3,(H2,22,23,24);1H. The number of hydrogen-bond acceptors (Lipinski definition) is 5. The molecular formula is C21H32IN5OS. The number of hydrogen-bond donors (Lipinski definition) is 2. The van der Waals surface area contributed by atoms with E-state index < -0.39 is 0 Å². The summed E-state index contributed by atoms with van der Waals surface area (Å²) in [5.74, 6) is 0.822. The van der Waals surface area contributed by atoms with Crippen molar-refractivity contribution in [1.82, 2.24) is 20.5 Å². The Kier molecular flexibility index (Phi) is 10.3. The average Bonchev–Trinajstić information content (AvgIpc) is 3.04. The van der Waals surface area contributed by atoms with Crippen LogP contribution in [0.2, 0.25) is 0 Å². The molecule has 0 bridgehead atoms. The van der Waals surface area contributed by atoms with E-state index in [4.69, 9.17) is 4.74 Å². The third kappa shape index (κ3) is 7.84. The van der Waals surface area contributed by atoms with Crippen LogP contribution in [-0.2, 0) is 24.2 Å². The van der Waals surface area contributed by atoms with Gasteiger partial charge in [-0.15, -0.1) is 35.3 Å². The minimum atomic E-state index is 0. The molecule has 160 valence electrons. The summed E-state index contributed by atoms with van der Waals surface area (Å²) >= 11 is 1.78. The van der Waals surface area contributed by atoms with Crippen LogP contribution in [0.3, 0.4) is 0 Å². The summed E-state index contributed by atoms with van der Waals surface area (Å²) in [7, 11) is 1.80. The number of aliphatic imine (C=N–C) groups is 1. The zero-order valence-corrected chi connectivity index (χ0v) is 20.7. The van der Waals surface area contributed by atoms with Gasteiger partial charge in [0.15, 0.2) is 5.96 Å². The Morgan fingerprint density at radius 3 is 2.45 bits per heavy atom. The van der Waals surface area contributed by atoms with E-state index in [0.29, 0.717) is 0 Å². The van der Waals surface area contributed by atoms with Crippen LogP contribution in [0.4, 0.5) is 0 Å². The Bertz CT molecular complexity index is 752. The lowest BCUT2D eigenvalue weighted by Crippen LogP contribution is -2.37. The molecule has 0 atom stereocenters. The van der Waals surface area contributed by atoms with Gasteiger partial charge in [0.05, 0.1) is 23.9 Å². The fourth-order valence-corrected chi connectivity index (χ4v) is 4.05. The Hall–Kier alpha value is -1.23. The summed E-state index contributed by atoms with van der Waals surface area (Å²) in [5.41, 5.74) is 3.74. The normalized spacial score (nSPS) is 15.1. The topological polar surface area (TPSA) is 61.8 Å². The van der Waals surface area contributed by atoms with E-state index in [1.165, 1.54) is 21.0 Å². The maximum absolute atomic E-state index is 5.41. The number of ether oxygens (including phenoxy) is 1. The van der Waals surface area contributed by atoms with Crippen molar-refractivity contribution < 1.29 is 4.74 Å². The zero-order valence-electron chi connectivity index (χ0n) is 17.5. The van der Waals surface area contributed by atoms with Crippen LogP contribution in [-0.4, -0.2) is 55.7 Å². The number of morpholine rings is 1. The van der Waals surface area contributed by atoms with E-state index >= 15 is 0 Å². The Morgan fingerprint density at radius 1 is 1.14 bits per heavy atom. The van der Waals surface area contributed by atoms with E-state index in [0.717, 1.165) is 64.0 Å². The van der Waals surface area contributed by atoms with E-state index in [9.17, 15) is 0 Å². The molecule has 1 aliphatic heterocycles. The van der Waals surface area contributed by atoms with Gasteiger partial charge in [0.2, 0.25) is 0 Å². The largest absolute Gasteiger partial charge is 0.379 e. The van der Waals surface area contributed by atoms with Crippen molar-refractivity contribution in [3.05, 3.63) is 51.0 Å². The summed E-state index contributed by atoms with van der Waals surface area (Å²) in [5, 5.41) is 7.93. The molecule has 29 heavy (non-hydrogen) atoms. The lowest BCUT2D eigenvalue weighted by molar-refractivity contribution is 0.0342. The molecule has 2 N–H and O–H groups in total. The summed E-state index contributed by atoms with van der Waals surface area (Å²) in [6.45, 7) is 10.5. The fourth-order valence-electron chi connectivity index (χ4n) is 3.12. The minimum Gasteiger partial charge on any atom is -0.379 e. The quantitative estimate of drug-likeness (QED) is 0.328. The zero-order chi connectivity index (χ0) is 19.8. The molecule has 0 aliphatic carbocycles. The van der Waals surface area contributed by atoms with Gasteiger partial charge < -0.3 is 15.4 Å². The predicted octanol–water partition coefficient (Wildman–Crippen LogP) is 3.12. The number of nitrogens with one attached hydrogen (secondary N) is 2. The molecule has 2 aromatic rings. The van der Waals surface area contributed by atoms with Gasteiger partial charge in [-0.3, -0.25) is 9.89 Å². The molecule has 0 unspecified atom stereocenters. The van der Waals surface area contributed by atoms with Gasteiger partial charge >= 0.3 is 0 Å². The van der Waals surface area contributed by atoms with Crippen molar-refractivity contribution in [2.24, 2.45) is 4.99 Å². The van der Waals surface area contributed by atoms with Gasteiger partial charge in [-0.1, -0.05) is 24.3 Å². The van der Waals surface area contributed by atoms with Crippen LogP contribution >= 0.6 is 35.3 Å². The van der Waals surface area contributed by atoms with Crippen molar-refractivity contribution in [3.63, 3.8) is 0 Å². The lowest BCUT2D eigenvalue weighted by atomic mass is 10.1. The van der Waals surface area contributed by atoms with Crippen LogP contribution < -0.4 is 10.6 Å². The second-order valence-electron chi connectivity index (χ2n) is 7.06. The molecule has 1 fully saturated rings. The van der Waals surface area contributed by atoms with Gasteiger partial charge in [0, 0.05) is 51.1 Å². The Morgan fingerprint density at radius 2 is 1.83 bits per heavy atom. The highest BCUT2D eigenvalue weighted by Crippen LogP contribution is 2.16. The first kappa shape index (κ1) is 24.0. The van der Waals surface area contributed by atoms with Crippen molar-refractivity contribution in [2.45, 2.75) is 33.4 Å². The number of guanidine groups is 1. The second kappa shape index (κ2) is 12.5. The van der Waals surface area contributed by atoms with Gasteiger partial charge in [-0.25, -0.2) is 4.98 Å². The number of rotatable bonds is 7. The maximum atomic E-state index is 5.41. The first-order chi connectivity index (χ1) is 13.6. The van der Waals surface area contributed by atoms with Crippen LogP contribution in [0.1, 0.15) is 26.7 Å². The number of benzene rings is 1. The highest BCUT2D eigenvalue weighted by atomic mass is 127. The molecule has 3 rings (SSSR count). The molecule has 1 aliphatic rings. The first-order valence-corrected chi connectivity index (χ1v) is 10.7. The molecular weight excluding hydrogens is 497 g/mol. The number of thiazole rings is 1. The van der Waals surface area contributed by atoms with Crippen molar-refractivity contribution in [2.75, 3.05) is 39.9 Å². The fraction of sp³-hybridized carbons (Fsp3) is 0.524. The summed E-state index contributed by atoms with van der Waals surface area (Å²) < 4.78 is 5.41. The van der Waals surface area contributed by atoms with Gasteiger partial charge in [0.1, 0.15) is 0 Å². The summed E-state index contributed by atoms with van der Waals surface area (Å²) in [4.78, 5) is 12.6. The van der Waals surface area contributed by atoms with Crippen LogP contribution in [0.25, 0.3) is 0 Å². The molecule has 8 heteroatoms. The smallest absolute Gasteiger partial charge is 0.191 e. The molecule has 0 amide bonds. The van der Waals surface area contributed by atoms with Gasteiger partial charge in [0.25, 0.3) is 0 Å². The monoisotopic (exact) mass is 529 g/mol. The van der Waals surface area contributed by atoms with Crippen LogP contribution in [0.15, 0.2) is 29.3 Å². The number of aryl methyl sites for hydroxylation is 2. The maximum Gasteiger partial charge on any atom is 0.191 e. The highest BCUT2D eigenvalue weighted by molar-refractivity contribution is 14.0. The van der Waals surface area contributed by atoms with Gasteiger partial charge in [-0.05, 0) is 25.0 Å². The molecule has 0 spiro atoms. The second-order valence-corrected chi connectivity index (χ2v) is 8.34. The Balaban J connectivity index is 0.00000300. The van der Waals surface area contributed by atoms with E-state index in [-0.39, 0.29) is 24.0 Å². The van der Waals surface area contributed by atoms with E-state index in [1.807, 2.05) is 0 Å². The lowest BCUT2D eigenvalue weighted by Gasteiger charge is -2.26. The number of halogens is 1. The SMILES string of the molecule is CN=C(NCCc1nc(C)c(C)s1)NCc1ccc(CN2CCOCC2)cc1.I. The van der Waals surface area contributed by atoms with Gasteiger partial charge in [-0.2, -0.15) is 0 Å². The average molecular weight is 529 g/mol. The summed E-state index contributed by atoms with van der Waals surface area (Å²) in [6, 6.07) is 8.82. The van der Waals surface area contributed by atoms with E-state index in [1.54, 1.807) is 18.4 Å². The molecule has 1 saturated heterocycles. The Labute approximate surface area is 195 Å². The van der Waals surface area contributed by atoms with Crippen LogP contribution in [0.5, 0.6) is 0 Å². The molecule has 6 nitrogen and oxygen atoms in total. The number of nitrogens with zero attached hydrogens (tertiary/aromatic N) is 3. The first-order valence-electron chi connectivity index (χ1n) is 9.89. The highest BCUT2D eigenvalue weighted by Gasteiger charge is 2.10. The molecule has 0 radical (unpaired) electrons. The minimum absolute atomic E-state index is 0. The third-order valence-corrected chi connectivity index (χ3v) is 6.05. The molecule has 1 aromatic carbocycles.